The molecule has 0 aromatic heterocycles. The number of carbonyl (C=O) groups is 2. The molecule has 23 heavy (non-hydrogen) atoms. The highest BCUT2D eigenvalue weighted by Crippen LogP contribution is 2.23. The molecule has 0 aliphatic heterocycles. The van der Waals surface area contributed by atoms with E-state index in [0.29, 0.717) is 10.7 Å². The molecule has 1 amide bonds. The van der Waals surface area contributed by atoms with Crippen molar-refractivity contribution in [3.63, 3.8) is 0 Å². The van der Waals surface area contributed by atoms with E-state index in [-0.39, 0.29) is 23.0 Å². The number of amides is 1. The van der Waals surface area contributed by atoms with Gasteiger partial charge in [0.25, 0.3) is 0 Å². The number of anilines is 1. The Balaban J connectivity index is 1.98. The maximum absolute atomic E-state index is 11.9. The molecule has 5 nitrogen and oxygen atoms in total. The Hall–Kier alpha value is -2.44. The van der Waals surface area contributed by atoms with Gasteiger partial charge < -0.3 is 15.7 Å². The van der Waals surface area contributed by atoms with Gasteiger partial charge in [0.05, 0.1) is 22.7 Å². The van der Waals surface area contributed by atoms with Gasteiger partial charge in [-0.25, -0.2) is 4.79 Å². The molecule has 0 saturated carbocycles. The Morgan fingerprint density at radius 3 is 2.48 bits per heavy atom. The minimum Gasteiger partial charge on any atom is -0.478 e. The summed E-state index contributed by atoms with van der Waals surface area (Å²) in [4.78, 5) is 22.9. The third-order valence-electron chi connectivity index (χ3n) is 2.92. The molecule has 118 valence electrons. The highest BCUT2D eigenvalue weighted by atomic mass is 35.5. The number of hydrogen-bond acceptors (Lipinski definition) is 3. The molecule has 0 spiro atoms. The molecule has 0 saturated heterocycles. The number of thiocarbonyl (C=S) groups is 1. The molecule has 0 fully saturated rings. The van der Waals surface area contributed by atoms with E-state index in [0.717, 1.165) is 5.56 Å². The van der Waals surface area contributed by atoms with Crippen LogP contribution in [0.5, 0.6) is 0 Å². The maximum Gasteiger partial charge on any atom is 0.335 e. The summed E-state index contributed by atoms with van der Waals surface area (Å²) in [6.07, 6.45) is 0.186. The third kappa shape index (κ3) is 5.05. The van der Waals surface area contributed by atoms with E-state index in [1.807, 2.05) is 30.3 Å². The summed E-state index contributed by atoms with van der Waals surface area (Å²) in [5.74, 6) is -1.36. The second-order valence-corrected chi connectivity index (χ2v) is 5.48. The molecule has 0 unspecified atom stereocenters. The Morgan fingerprint density at radius 1 is 1.13 bits per heavy atom. The number of halogens is 1. The van der Waals surface area contributed by atoms with E-state index in [4.69, 9.17) is 28.9 Å². The first-order valence-corrected chi connectivity index (χ1v) is 7.42. The lowest BCUT2D eigenvalue weighted by atomic mass is 10.1. The number of carboxylic acids is 1. The van der Waals surface area contributed by atoms with E-state index >= 15 is 0 Å². The molecule has 2 aromatic carbocycles. The summed E-state index contributed by atoms with van der Waals surface area (Å²) < 4.78 is 0. The Morgan fingerprint density at radius 2 is 1.83 bits per heavy atom. The van der Waals surface area contributed by atoms with Crippen molar-refractivity contribution in [3.05, 3.63) is 64.7 Å². The quantitative estimate of drug-likeness (QED) is 0.740. The van der Waals surface area contributed by atoms with Gasteiger partial charge in [-0.15, -0.1) is 0 Å². The molecule has 0 heterocycles. The number of rotatable bonds is 4. The second kappa shape index (κ2) is 7.71. The van der Waals surface area contributed by atoms with Crippen molar-refractivity contribution in [2.24, 2.45) is 0 Å². The van der Waals surface area contributed by atoms with Crippen LogP contribution in [-0.4, -0.2) is 22.1 Å². The van der Waals surface area contributed by atoms with Crippen molar-refractivity contribution in [2.75, 3.05) is 5.32 Å². The number of carbonyl (C=O) groups excluding carboxylic acids is 1. The van der Waals surface area contributed by atoms with Crippen LogP contribution >= 0.6 is 23.8 Å². The Kier molecular flexibility index (Phi) is 5.67. The standard InChI is InChI=1S/C16H13ClN2O3S/c17-12-7-6-11(15(21)22)9-13(12)18-16(23)19-14(20)8-10-4-2-1-3-5-10/h1-7,9H,8H2,(H,21,22)(H2,18,19,20,23). The average Bonchev–Trinajstić information content (AvgIpc) is 2.50. The van der Waals surface area contributed by atoms with Crippen molar-refractivity contribution >= 4 is 46.5 Å². The molecule has 7 heteroatoms. The number of benzene rings is 2. The zero-order chi connectivity index (χ0) is 16.8. The summed E-state index contributed by atoms with van der Waals surface area (Å²) in [6.45, 7) is 0. The third-order valence-corrected chi connectivity index (χ3v) is 3.46. The van der Waals surface area contributed by atoms with Crippen molar-refractivity contribution in [2.45, 2.75) is 6.42 Å². The Labute approximate surface area is 143 Å². The zero-order valence-corrected chi connectivity index (χ0v) is 13.4. The lowest BCUT2D eigenvalue weighted by Gasteiger charge is -2.11. The summed E-state index contributed by atoms with van der Waals surface area (Å²) in [7, 11) is 0. The van der Waals surface area contributed by atoms with Gasteiger partial charge in [0, 0.05) is 0 Å². The van der Waals surface area contributed by atoms with Crippen LogP contribution in [0.15, 0.2) is 48.5 Å². The van der Waals surface area contributed by atoms with Gasteiger partial charge in [-0.2, -0.15) is 0 Å². The monoisotopic (exact) mass is 348 g/mol. The minimum absolute atomic E-state index is 0.0513. The van der Waals surface area contributed by atoms with E-state index in [1.165, 1.54) is 18.2 Å². The SMILES string of the molecule is O=C(Cc1ccccc1)NC(=S)Nc1cc(C(=O)O)ccc1Cl. The van der Waals surface area contributed by atoms with Crippen LogP contribution < -0.4 is 10.6 Å². The summed E-state index contributed by atoms with van der Waals surface area (Å²) in [6, 6.07) is 13.4. The van der Waals surface area contributed by atoms with Crippen LogP contribution in [0.2, 0.25) is 5.02 Å². The predicted octanol–water partition coefficient (Wildman–Crippen LogP) is 3.09. The largest absolute Gasteiger partial charge is 0.478 e. The summed E-state index contributed by atoms with van der Waals surface area (Å²) in [5.41, 5.74) is 1.24. The topological polar surface area (TPSA) is 78.4 Å². The zero-order valence-electron chi connectivity index (χ0n) is 11.9. The van der Waals surface area contributed by atoms with E-state index in [1.54, 1.807) is 0 Å². The van der Waals surface area contributed by atoms with Crippen molar-refractivity contribution in [1.82, 2.24) is 5.32 Å². The molecule has 0 aliphatic carbocycles. The van der Waals surface area contributed by atoms with Gasteiger partial charge in [0.2, 0.25) is 5.91 Å². The molecule has 2 aromatic rings. The summed E-state index contributed by atoms with van der Waals surface area (Å²) >= 11 is 11.0. The minimum atomic E-state index is -1.08. The van der Waals surface area contributed by atoms with Gasteiger partial charge in [-0.05, 0) is 36.0 Å². The first-order chi connectivity index (χ1) is 11.0. The molecule has 0 aliphatic rings. The molecular weight excluding hydrogens is 336 g/mol. The molecule has 2 rings (SSSR count). The highest BCUT2D eigenvalue weighted by molar-refractivity contribution is 7.80. The van der Waals surface area contributed by atoms with Gasteiger partial charge in [-0.3, -0.25) is 4.79 Å². The molecular formula is C16H13ClN2O3S. The molecule has 0 radical (unpaired) electrons. The van der Waals surface area contributed by atoms with Crippen molar-refractivity contribution in [1.29, 1.82) is 0 Å². The van der Waals surface area contributed by atoms with Crippen molar-refractivity contribution in [3.8, 4) is 0 Å². The molecule has 0 bridgehead atoms. The van der Waals surface area contributed by atoms with Gasteiger partial charge in [-0.1, -0.05) is 41.9 Å². The van der Waals surface area contributed by atoms with Crippen molar-refractivity contribution < 1.29 is 14.7 Å². The first kappa shape index (κ1) is 16.9. The van der Waals surface area contributed by atoms with E-state index < -0.39 is 5.97 Å². The van der Waals surface area contributed by atoms with Crippen LogP contribution in [-0.2, 0) is 11.2 Å². The molecule has 0 atom stereocenters. The average molecular weight is 349 g/mol. The van der Waals surface area contributed by atoms with Crippen LogP contribution in [0, 0.1) is 0 Å². The van der Waals surface area contributed by atoms with Crippen LogP contribution in [0.4, 0.5) is 5.69 Å². The summed E-state index contributed by atoms with van der Waals surface area (Å²) in [5, 5.41) is 14.6. The fourth-order valence-electron chi connectivity index (χ4n) is 1.86. The fraction of sp³-hybridized carbons (Fsp3) is 0.0625. The smallest absolute Gasteiger partial charge is 0.335 e. The number of aromatic carboxylic acids is 1. The Bertz CT molecular complexity index is 750. The van der Waals surface area contributed by atoms with Crippen LogP contribution in [0.3, 0.4) is 0 Å². The van der Waals surface area contributed by atoms with Gasteiger partial charge in [0.1, 0.15) is 0 Å². The van der Waals surface area contributed by atoms with Crippen LogP contribution in [0.1, 0.15) is 15.9 Å². The second-order valence-electron chi connectivity index (χ2n) is 4.66. The predicted molar refractivity (Wildman–Crippen MR) is 92.9 cm³/mol. The van der Waals surface area contributed by atoms with Crippen LogP contribution in [0.25, 0.3) is 0 Å². The lowest BCUT2D eigenvalue weighted by Crippen LogP contribution is -2.35. The number of carboxylic acid groups (broad SMARTS) is 1. The van der Waals surface area contributed by atoms with Gasteiger partial charge >= 0.3 is 5.97 Å². The van der Waals surface area contributed by atoms with E-state index in [2.05, 4.69) is 10.6 Å². The highest BCUT2D eigenvalue weighted by Gasteiger charge is 2.10. The lowest BCUT2D eigenvalue weighted by molar-refractivity contribution is -0.119. The fourth-order valence-corrected chi connectivity index (χ4v) is 2.25. The maximum atomic E-state index is 11.9. The normalized spacial score (nSPS) is 9.96. The van der Waals surface area contributed by atoms with E-state index in [9.17, 15) is 9.59 Å². The first-order valence-electron chi connectivity index (χ1n) is 6.63. The number of nitrogens with one attached hydrogen (secondary N) is 2. The van der Waals surface area contributed by atoms with Gasteiger partial charge in [0.15, 0.2) is 5.11 Å². The molecule has 3 N–H and O–H groups in total. The number of hydrogen-bond donors (Lipinski definition) is 3.